The highest BCUT2D eigenvalue weighted by molar-refractivity contribution is 5.83. The average Bonchev–Trinajstić information content (AvgIpc) is 3.27. The minimum atomic E-state index is -1.42. The van der Waals surface area contributed by atoms with Crippen molar-refractivity contribution in [2.75, 3.05) is 13.6 Å². The molecule has 0 unspecified atom stereocenters. The number of carbonyl (C=O) groups excluding carboxylic acids is 2. The van der Waals surface area contributed by atoms with E-state index in [0.29, 0.717) is 29.7 Å². The van der Waals surface area contributed by atoms with Gasteiger partial charge in [-0.25, -0.2) is 9.59 Å². The summed E-state index contributed by atoms with van der Waals surface area (Å²) in [6.07, 6.45) is -0.458. The normalized spacial score (nSPS) is 30.4. The molecule has 38 heavy (non-hydrogen) atoms. The lowest BCUT2D eigenvalue weighted by Crippen LogP contribution is -2.74. The SMILES string of the molecule is C[C@H](O)C(=O)O[C@H](C(=O)OC1=CC[C@@]2(O)[C@H]3Cc4ccc(CO)c5c4[C@@]2(CCN3C)[C@H]1O5)c1ccccc1. The van der Waals surface area contributed by atoms with Crippen molar-refractivity contribution in [1.82, 2.24) is 4.90 Å². The first-order chi connectivity index (χ1) is 18.2. The minimum Gasteiger partial charge on any atom is -0.481 e. The minimum absolute atomic E-state index is 0.154. The molecule has 6 rings (SSSR count). The molecule has 1 saturated heterocycles. The Morgan fingerprint density at radius 1 is 1.18 bits per heavy atom. The van der Waals surface area contributed by atoms with Crippen LogP contribution in [0.4, 0.5) is 0 Å². The Morgan fingerprint density at radius 2 is 1.95 bits per heavy atom. The van der Waals surface area contributed by atoms with Gasteiger partial charge in [-0.2, -0.15) is 0 Å². The highest BCUT2D eigenvalue weighted by atomic mass is 16.6. The number of nitrogens with zero attached hydrogens (tertiary/aromatic N) is 1. The molecule has 0 radical (unpaired) electrons. The molecule has 0 saturated carbocycles. The Bertz CT molecular complexity index is 1320. The fourth-order valence-corrected chi connectivity index (χ4v) is 6.90. The van der Waals surface area contributed by atoms with E-state index < -0.39 is 41.3 Å². The number of likely N-dealkylation sites (tertiary alicyclic amines) is 1. The molecule has 1 fully saturated rings. The second kappa shape index (κ2) is 8.91. The molecule has 0 amide bonds. The number of aliphatic hydroxyl groups excluding tert-OH is 2. The second-order valence-electron chi connectivity index (χ2n) is 10.7. The third-order valence-electron chi connectivity index (χ3n) is 8.74. The summed E-state index contributed by atoms with van der Waals surface area (Å²) in [6.45, 7) is 1.76. The third-order valence-corrected chi connectivity index (χ3v) is 8.74. The topological polar surface area (TPSA) is 126 Å². The Hall–Kier alpha value is -3.24. The van der Waals surface area contributed by atoms with Gasteiger partial charge in [-0.05, 0) is 45.0 Å². The number of ether oxygens (including phenoxy) is 3. The van der Waals surface area contributed by atoms with E-state index in [1.807, 2.05) is 19.2 Å². The van der Waals surface area contributed by atoms with Gasteiger partial charge in [0.25, 0.3) is 0 Å². The fraction of sp³-hybridized carbons (Fsp3) is 0.448. The van der Waals surface area contributed by atoms with Gasteiger partial charge in [-0.1, -0.05) is 42.5 Å². The molecule has 3 N–H and O–H groups in total. The summed E-state index contributed by atoms with van der Waals surface area (Å²) in [6, 6.07) is 12.1. The van der Waals surface area contributed by atoms with Crippen molar-refractivity contribution in [1.29, 1.82) is 0 Å². The van der Waals surface area contributed by atoms with Crippen molar-refractivity contribution < 1.29 is 39.1 Å². The van der Waals surface area contributed by atoms with Crippen LogP contribution >= 0.6 is 0 Å². The maximum Gasteiger partial charge on any atom is 0.357 e. The molecule has 9 heteroatoms. The van der Waals surface area contributed by atoms with Gasteiger partial charge >= 0.3 is 11.9 Å². The maximum atomic E-state index is 13.5. The summed E-state index contributed by atoms with van der Waals surface area (Å²) < 4.78 is 17.8. The van der Waals surface area contributed by atoms with Gasteiger partial charge in [0.2, 0.25) is 6.10 Å². The van der Waals surface area contributed by atoms with E-state index >= 15 is 0 Å². The number of aliphatic hydroxyl groups is 3. The van der Waals surface area contributed by atoms with E-state index in [0.717, 1.165) is 17.7 Å². The quantitative estimate of drug-likeness (QED) is 0.487. The van der Waals surface area contributed by atoms with E-state index in [1.165, 1.54) is 6.92 Å². The summed E-state index contributed by atoms with van der Waals surface area (Å²) in [5, 5.41) is 32.0. The van der Waals surface area contributed by atoms with Crippen LogP contribution in [0.2, 0.25) is 0 Å². The van der Waals surface area contributed by atoms with Crippen LogP contribution in [0, 0.1) is 0 Å². The predicted octanol–water partition coefficient (Wildman–Crippen LogP) is 1.67. The van der Waals surface area contributed by atoms with Crippen molar-refractivity contribution in [3.63, 3.8) is 0 Å². The van der Waals surface area contributed by atoms with E-state index in [4.69, 9.17) is 14.2 Å². The van der Waals surface area contributed by atoms with Gasteiger partial charge in [-0.3, -0.25) is 0 Å². The van der Waals surface area contributed by atoms with Gasteiger partial charge < -0.3 is 34.4 Å². The molecule has 2 aliphatic carbocycles. The van der Waals surface area contributed by atoms with Crippen LogP contribution in [0.15, 0.2) is 54.3 Å². The Balaban J connectivity index is 1.40. The monoisotopic (exact) mass is 521 g/mol. The van der Waals surface area contributed by atoms with Crippen LogP contribution in [0.25, 0.3) is 0 Å². The zero-order valence-electron chi connectivity index (χ0n) is 21.3. The van der Waals surface area contributed by atoms with Crippen molar-refractivity contribution >= 4 is 11.9 Å². The summed E-state index contributed by atoms with van der Waals surface area (Å²) in [4.78, 5) is 28.0. The van der Waals surface area contributed by atoms with Crippen LogP contribution < -0.4 is 4.74 Å². The molecule has 2 bridgehead atoms. The molecule has 200 valence electrons. The number of esters is 2. The molecule has 6 atom stereocenters. The van der Waals surface area contributed by atoms with Gasteiger partial charge in [0.15, 0.2) is 6.10 Å². The van der Waals surface area contributed by atoms with Crippen molar-refractivity contribution in [3.05, 3.63) is 76.6 Å². The number of hydrogen-bond acceptors (Lipinski definition) is 9. The lowest BCUT2D eigenvalue weighted by atomic mass is 9.50. The summed E-state index contributed by atoms with van der Waals surface area (Å²) in [7, 11) is 2.01. The molecule has 2 aromatic carbocycles. The number of carbonyl (C=O) groups is 2. The molecule has 2 heterocycles. The van der Waals surface area contributed by atoms with E-state index in [-0.39, 0.29) is 24.8 Å². The fourth-order valence-electron chi connectivity index (χ4n) is 6.90. The summed E-state index contributed by atoms with van der Waals surface area (Å²) in [5.74, 6) is -1.00. The van der Waals surface area contributed by atoms with Crippen LogP contribution in [0.5, 0.6) is 5.75 Å². The third kappa shape index (κ3) is 3.39. The number of piperidine rings is 1. The maximum absolute atomic E-state index is 13.5. The van der Waals surface area contributed by atoms with Crippen molar-refractivity contribution in [2.24, 2.45) is 0 Å². The lowest BCUT2D eigenvalue weighted by Gasteiger charge is -2.61. The first-order valence-corrected chi connectivity index (χ1v) is 12.9. The molecule has 1 spiro atoms. The van der Waals surface area contributed by atoms with E-state index in [2.05, 4.69) is 4.90 Å². The number of benzene rings is 2. The largest absolute Gasteiger partial charge is 0.481 e. The zero-order valence-corrected chi connectivity index (χ0v) is 21.3. The van der Waals surface area contributed by atoms with Gasteiger partial charge in [0.05, 0.1) is 17.6 Å². The lowest BCUT2D eigenvalue weighted by molar-refractivity contribution is -0.178. The van der Waals surface area contributed by atoms with Crippen molar-refractivity contribution in [3.8, 4) is 5.75 Å². The zero-order chi connectivity index (χ0) is 26.8. The Morgan fingerprint density at radius 3 is 2.66 bits per heavy atom. The van der Waals surface area contributed by atoms with E-state index in [1.54, 1.807) is 36.4 Å². The first kappa shape index (κ1) is 25.1. The van der Waals surface area contributed by atoms with Crippen molar-refractivity contribution in [2.45, 2.75) is 68.2 Å². The highest BCUT2D eigenvalue weighted by Crippen LogP contribution is 2.64. The average molecular weight is 522 g/mol. The smallest absolute Gasteiger partial charge is 0.357 e. The molecule has 4 aliphatic rings. The number of likely N-dealkylation sites (N-methyl/N-ethyl adjacent to an activating group) is 1. The molecule has 9 nitrogen and oxygen atoms in total. The summed E-state index contributed by atoms with van der Waals surface area (Å²) in [5.41, 5.74) is 0.941. The van der Waals surface area contributed by atoms with Gasteiger partial charge in [0.1, 0.15) is 17.6 Å². The first-order valence-electron chi connectivity index (χ1n) is 12.9. The van der Waals surface area contributed by atoms with E-state index in [9.17, 15) is 24.9 Å². The van der Waals surface area contributed by atoms with Gasteiger partial charge in [0, 0.05) is 29.2 Å². The predicted molar refractivity (Wildman–Crippen MR) is 134 cm³/mol. The second-order valence-corrected chi connectivity index (χ2v) is 10.7. The van der Waals surface area contributed by atoms with Crippen LogP contribution in [-0.4, -0.2) is 69.6 Å². The van der Waals surface area contributed by atoms with Gasteiger partial charge in [-0.15, -0.1) is 0 Å². The number of rotatable bonds is 6. The summed E-state index contributed by atoms with van der Waals surface area (Å²) >= 11 is 0. The van der Waals surface area contributed by atoms with Crippen LogP contribution in [0.3, 0.4) is 0 Å². The standard InChI is InChI=1S/C29H31NO8/c1-16(32)26(33)38-24(17-6-4-3-5-7-17)27(34)36-20-10-11-29(35)21-14-18-8-9-19(15-31)23-22(18)28(29,25(20)37-23)12-13-30(21)2/h3-10,16,21,24-25,31-32,35H,11-15H2,1-2H3/t16-,21+,24-,25-,28-,29+/m0/s1. The Labute approximate surface area is 220 Å². The molecule has 0 aromatic heterocycles. The number of hydrogen-bond donors (Lipinski definition) is 3. The van der Waals surface area contributed by atoms with Crippen LogP contribution in [0.1, 0.15) is 48.1 Å². The Kier molecular flexibility index (Phi) is 5.88. The molecule has 2 aliphatic heterocycles. The molecular weight excluding hydrogens is 490 g/mol. The van der Waals surface area contributed by atoms with Crippen LogP contribution in [-0.2, 0) is 37.5 Å². The highest BCUT2D eigenvalue weighted by Gasteiger charge is 2.72. The molecule has 2 aromatic rings. The molecular formula is C29H31NO8.